The molecule has 1 aliphatic heterocycles. The number of H-pyrrole nitrogens is 1. The van der Waals surface area contributed by atoms with Crippen molar-refractivity contribution in [3.63, 3.8) is 0 Å². The molecule has 2 aromatic carbocycles. The number of aryl methyl sites for hydroxylation is 1. The number of hydrogen-bond acceptors (Lipinski definition) is 6. The second kappa shape index (κ2) is 9.25. The van der Waals surface area contributed by atoms with Crippen molar-refractivity contribution in [3.05, 3.63) is 57.8 Å². The van der Waals surface area contributed by atoms with Crippen LogP contribution >= 0.6 is 0 Å². The second-order valence-corrected chi connectivity index (χ2v) is 7.94. The molecule has 1 saturated heterocycles. The number of non-ortho nitro benzene ring substituents is 1. The first kappa shape index (κ1) is 21.6. The van der Waals surface area contributed by atoms with E-state index < -0.39 is 4.92 Å². The molecule has 0 bridgehead atoms. The van der Waals surface area contributed by atoms with Gasteiger partial charge in [-0.3, -0.25) is 20.0 Å². The third kappa shape index (κ3) is 4.23. The number of nitrogens with zero attached hydrogens (tertiary/aromatic N) is 3. The third-order valence-electron chi connectivity index (χ3n) is 6.06. The summed E-state index contributed by atoms with van der Waals surface area (Å²) < 4.78 is 10.7. The van der Waals surface area contributed by atoms with Crippen LogP contribution in [0.5, 0.6) is 11.5 Å². The number of nitro groups is 1. The standard InChI is InChI=1S/C23H26N4O5/c1-31-20-11-7-15(13-21(20)32-2)6-8-16-5-3-4-12-26(16)23(28)22-18-14-17(27(29)30)9-10-19(18)24-25-22/h7,9-11,13-14,16H,3-6,8,12H2,1-2H3,(H,24,25). The van der Waals surface area contributed by atoms with Crippen LogP contribution in [0.25, 0.3) is 10.9 Å². The number of nitrogens with one attached hydrogen (secondary N) is 1. The summed E-state index contributed by atoms with van der Waals surface area (Å²) in [6.07, 6.45) is 4.51. The van der Waals surface area contributed by atoms with Crippen molar-refractivity contribution in [1.29, 1.82) is 0 Å². The topological polar surface area (TPSA) is 111 Å². The fourth-order valence-corrected chi connectivity index (χ4v) is 4.35. The van der Waals surface area contributed by atoms with E-state index in [2.05, 4.69) is 10.2 Å². The van der Waals surface area contributed by atoms with Crippen molar-refractivity contribution < 1.29 is 19.2 Å². The lowest BCUT2D eigenvalue weighted by atomic mass is 9.95. The maximum atomic E-state index is 13.4. The lowest BCUT2D eigenvalue weighted by Crippen LogP contribution is -2.44. The highest BCUT2D eigenvalue weighted by molar-refractivity contribution is 6.05. The van der Waals surface area contributed by atoms with Gasteiger partial charge < -0.3 is 14.4 Å². The average molecular weight is 438 g/mol. The Morgan fingerprint density at radius 3 is 2.75 bits per heavy atom. The molecule has 9 heteroatoms. The number of hydrogen-bond donors (Lipinski definition) is 1. The number of nitro benzene ring substituents is 1. The van der Waals surface area contributed by atoms with Gasteiger partial charge in [0.2, 0.25) is 0 Å². The minimum atomic E-state index is -0.465. The summed E-state index contributed by atoms with van der Waals surface area (Å²) in [4.78, 5) is 26.0. The van der Waals surface area contributed by atoms with Crippen LogP contribution in [-0.2, 0) is 6.42 Å². The summed E-state index contributed by atoms with van der Waals surface area (Å²) in [6.45, 7) is 0.652. The summed E-state index contributed by atoms with van der Waals surface area (Å²) in [5, 5.41) is 18.7. The molecule has 0 saturated carbocycles. The van der Waals surface area contributed by atoms with Gasteiger partial charge in [-0.05, 0) is 55.9 Å². The smallest absolute Gasteiger partial charge is 0.275 e. The maximum absolute atomic E-state index is 13.4. The highest BCUT2D eigenvalue weighted by atomic mass is 16.6. The van der Waals surface area contributed by atoms with Crippen molar-refractivity contribution >= 4 is 22.5 Å². The van der Waals surface area contributed by atoms with Gasteiger partial charge in [0, 0.05) is 30.1 Å². The second-order valence-electron chi connectivity index (χ2n) is 7.94. The Labute approximate surface area is 185 Å². The molecule has 0 spiro atoms. The first-order valence-corrected chi connectivity index (χ1v) is 10.7. The highest BCUT2D eigenvalue weighted by Gasteiger charge is 2.30. The zero-order chi connectivity index (χ0) is 22.7. The van der Waals surface area contributed by atoms with Gasteiger partial charge in [0.05, 0.1) is 24.7 Å². The molecule has 1 unspecified atom stereocenters. The van der Waals surface area contributed by atoms with E-state index in [0.29, 0.717) is 28.9 Å². The zero-order valence-electron chi connectivity index (χ0n) is 18.2. The number of likely N-dealkylation sites (tertiary alicyclic amines) is 1. The van der Waals surface area contributed by atoms with E-state index in [4.69, 9.17) is 9.47 Å². The molecule has 1 N–H and O–H groups in total. The Balaban J connectivity index is 1.53. The van der Waals surface area contributed by atoms with Gasteiger partial charge in [0.15, 0.2) is 17.2 Å². The molecule has 0 aliphatic carbocycles. The number of amides is 1. The Hall–Kier alpha value is -3.62. The number of carbonyl (C=O) groups excluding carboxylic acids is 1. The maximum Gasteiger partial charge on any atom is 0.275 e. The van der Waals surface area contributed by atoms with E-state index in [9.17, 15) is 14.9 Å². The minimum Gasteiger partial charge on any atom is -0.493 e. The van der Waals surface area contributed by atoms with E-state index >= 15 is 0 Å². The van der Waals surface area contributed by atoms with Crippen LogP contribution in [-0.4, -0.2) is 52.7 Å². The van der Waals surface area contributed by atoms with Crippen molar-refractivity contribution in [2.45, 2.75) is 38.1 Å². The molecule has 1 fully saturated rings. The van der Waals surface area contributed by atoms with E-state index in [1.807, 2.05) is 23.1 Å². The number of aromatic nitrogens is 2. The fraction of sp³-hybridized carbons (Fsp3) is 0.391. The quantitative estimate of drug-likeness (QED) is 0.439. The number of piperidine rings is 1. The van der Waals surface area contributed by atoms with Crippen LogP contribution in [0.1, 0.15) is 41.7 Å². The van der Waals surface area contributed by atoms with Crippen molar-refractivity contribution in [2.75, 3.05) is 20.8 Å². The molecule has 32 heavy (non-hydrogen) atoms. The first-order valence-electron chi connectivity index (χ1n) is 10.7. The van der Waals surface area contributed by atoms with Crippen LogP contribution < -0.4 is 9.47 Å². The Morgan fingerprint density at radius 1 is 1.19 bits per heavy atom. The summed E-state index contributed by atoms with van der Waals surface area (Å²) in [5.41, 5.74) is 1.90. The Kier molecular flexibility index (Phi) is 6.25. The van der Waals surface area contributed by atoms with Gasteiger partial charge in [-0.2, -0.15) is 5.10 Å². The van der Waals surface area contributed by atoms with Gasteiger partial charge >= 0.3 is 0 Å². The highest BCUT2D eigenvalue weighted by Crippen LogP contribution is 2.30. The van der Waals surface area contributed by atoms with E-state index in [1.54, 1.807) is 20.3 Å². The first-order chi connectivity index (χ1) is 15.5. The zero-order valence-corrected chi connectivity index (χ0v) is 18.2. The summed E-state index contributed by atoms with van der Waals surface area (Å²) in [7, 11) is 3.22. The molecular weight excluding hydrogens is 412 g/mol. The molecule has 2 heterocycles. The molecule has 3 aromatic rings. The third-order valence-corrected chi connectivity index (χ3v) is 6.06. The van der Waals surface area contributed by atoms with Crippen molar-refractivity contribution in [1.82, 2.24) is 15.1 Å². The summed E-state index contributed by atoms with van der Waals surface area (Å²) >= 11 is 0. The van der Waals surface area contributed by atoms with Crippen LogP contribution in [0.3, 0.4) is 0 Å². The normalized spacial score (nSPS) is 16.2. The lowest BCUT2D eigenvalue weighted by molar-refractivity contribution is -0.384. The molecule has 168 valence electrons. The molecule has 1 atom stereocenters. The van der Waals surface area contributed by atoms with Crippen molar-refractivity contribution in [3.8, 4) is 11.5 Å². The largest absolute Gasteiger partial charge is 0.493 e. The van der Waals surface area contributed by atoms with Crippen LogP contribution in [0, 0.1) is 10.1 Å². The number of carbonyl (C=O) groups is 1. The van der Waals surface area contributed by atoms with Crippen molar-refractivity contribution in [2.24, 2.45) is 0 Å². The SMILES string of the molecule is COc1ccc(CCC2CCCCN2C(=O)c2n[nH]c3ccc([N+](=O)[O-])cc23)cc1OC. The van der Waals surface area contributed by atoms with E-state index in [0.717, 1.165) is 37.7 Å². The molecule has 1 aliphatic rings. The molecule has 1 aromatic heterocycles. The minimum absolute atomic E-state index is 0.0587. The monoisotopic (exact) mass is 438 g/mol. The number of methoxy groups -OCH3 is 2. The Bertz CT molecular complexity index is 1140. The fourth-order valence-electron chi connectivity index (χ4n) is 4.35. The molecule has 1 amide bonds. The average Bonchev–Trinajstić information content (AvgIpc) is 3.25. The summed E-state index contributed by atoms with van der Waals surface area (Å²) in [5.74, 6) is 1.19. The molecule has 4 rings (SSSR count). The van der Waals surface area contributed by atoms with E-state index in [-0.39, 0.29) is 23.3 Å². The predicted molar refractivity (Wildman–Crippen MR) is 119 cm³/mol. The molecular formula is C23H26N4O5. The Morgan fingerprint density at radius 2 is 2.00 bits per heavy atom. The number of aromatic amines is 1. The number of rotatable bonds is 7. The van der Waals surface area contributed by atoms with Gasteiger partial charge in [0.1, 0.15) is 0 Å². The molecule has 9 nitrogen and oxygen atoms in total. The lowest BCUT2D eigenvalue weighted by Gasteiger charge is -2.35. The van der Waals surface area contributed by atoms with Crippen LogP contribution in [0.4, 0.5) is 5.69 Å². The van der Waals surface area contributed by atoms with Gasteiger partial charge in [-0.25, -0.2) is 0 Å². The predicted octanol–water partition coefficient (Wildman–Crippen LogP) is 4.12. The summed E-state index contributed by atoms with van der Waals surface area (Å²) in [6, 6.07) is 10.3. The van der Waals surface area contributed by atoms with E-state index in [1.165, 1.54) is 12.1 Å². The number of ether oxygens (including phenoxy) is 2. The van der Waals surface area contributed by atoms with Crippen LogP contribution in [0.2, 0.25) is 0 Å². The number of fused-ring (bicyclic) bond motifs is 1. The van der Waals surface area contributed by atoms with Gasteiger partial charge in [0.25, 0.3) is 11.6 Å². The van der Waals surface area contributed by atoms with Crippen LogP contribution in [0.15, 0.2) is 36.4 Å². The molecule has 0 radical (unpaired) electrons. The number of benzene rings is 2. The van der Waals surface area contributed by atoms with Gasteiger partial charge in [-0.15, -0.1) is 0 Å². The van der Waals surface area contributed by atoms with Gasteiger partial charge in [-0.1, -0.05) is 6.07 Å².